The highest BCUT2D eigenvalue weighted by atomic mass is 19.4. The van der Waals surface area contributed by atoms with Crippen molar-refractivity contribution in [1.82, 2.24) is 24.3 Å². The standard InChI is InChI=1S/C27H22F3N5O3/c1-37-14-15-38-26-31-12-10-20(32-26)17-34-13-11-18(16-24(34)36)25-22-4-2-3-5-23(22)35(33-25)21-8-6-19(7-9-21)27(28,29)30/h2-13,16H,14-15,17H2,1H3. The summed E-state index contributed by atoms with van der Waals surface area (Å²) in [5.74, 6) is 0. The number of ether oxygens (including phenoxy) is 2. The van der Waals surface area contributed by atoms with Crippen LogP contribution in [-0.2, 0) is 17.5 Å². The molecule has 3 aromatic heterocycles. The van der Waals surface area contributed by atoms with Gasteiger partial charge in [0, 0.05) is 36.5 Å². The van der Waals surface area contributed by atoms with Crippen molar-refractivity contribution in [2.75, 3.05) is 20.3 Å². The fourth-order valence-corrected chi connectivity index (χ4v) is 3.98. The Labute approximate surface area is 214 Å². The van der Waals surface area contributed by atoms with Gasteiger partial charge >= 0.3 is 12.2 Å². The van der Waals surface area contributed by atoms with Gasteiger partial charge in [-0.2, -0.15) is 23.3 Å². The number of benzene rings is 2. The minimum Gasteiger partial charge on any atom is -0.461 e. The van der Waals surface area contributed by atoms with Gasteiger partial charge in [-0.3, -0.25) is 4.79 Å². The molecule has 194 valence electrons. The number of hydrogen-bond donors (Lipinski definition) is 0. The first-order valence-electron chi connectivity index (χ1n) is 11.6. The van der Waals surface area contributed by atoms with Crippen molar-refractivity contribution >= 4 is 10.9 Å². The smallest absolute Gasteiger partial charge is 0.416 e. The van der Waals surface area contributed by atoms with E-state index in [-0.39, 0.29) is 18.1 Å². The van der Waals surface area contributed by atoms with E-state index in [1.165, 1.54) is 22.8 Å². The Kier molecular flexibility index (Phi) is 6.93. The highest BCUT2D eigenvalue weighted by Gasteiger charge is 2.30. The average molecular weight is 521 g/mol. The summed E-state index contributed by atoms with van der Waals surface area (Å²) < 4.78 is 52.5. The lowest BCUT2D eigenvalue weighted by atomic mass is 10.1. The monoisotopic (exact) mass is 521 g/mol. The number of nitrogens with zero attached hydrogens (tertiary/aromatic N) is 5. The quantitative estimate of drug-likeness (QED) is 0.275. The van der Waals surface area contributed by atoms with Gasteiger partial charge in [-0.1, -0.05) is 18.2 Å². The van der Waals surface area contributed by atoms with E-state index < -0.39 is 11.7 Å². The van der Waals surface area contributed by atoms with Gasteiger partial charge in [0.05, 0.1) is 35.6 Å². The number of aromatic nitrogens is 5. The second-order valence-electron chi connectivity index (χ2n) is 8.38. The van der Waals surface area contributed by atoms with E-state index in [1.54, 1.807) is 36.3 Å². The minimum absolute atomic E-state index is 0.199. The lowest BCUT2D eigenvalue weighted by Gasteiger charge is -2.08. The summed E-state index contributed by atoms with van der Waals surface area (Å²) >= 11 is 0. The molecule has 0 aliphatic rings. The van der Waals surface area contributed by atoms with E-state index in [1.807, 2.05) is 24.3 Å². The molecule has 0 bridgehead atoms. The van der Waals surface area contributed by atoms with Gasteiger partial charge in [-0.05, 0) is 42.5 Å². The van der Waals surface area contributed by atoms with Crippen LogP contribution in [0.3, 0.4) is 0 Å². The Morgan fingerprint density at radius 3 is 2.50 bits per heavy atom. The fraction of sp³-hybridized carbons (Fsp3) is 0.185. The maximum atomic E-state index is 13.0. The number of fused-ring (bicyclic) bond motifs is 1. The summed E-state index contributed by atoms with van der Waals surface area (Å²) in [5.41, 5.74) is 1.89. The highest BCUT2D eigenvalue weighted by molar-refractivity contribution is 5.94. The zero-order valence-electron chi connectivity index (χ0n) is 20.2. The number of halogens is 3. The molecule has 2 aromatic carbocycles. The van der Waals surface area contributed by atoms with Gasteiger partial charge in [0.1, 0.15) is 12.3 Å². The van der Waals surface area contributed by atoms with Crippen LogP contribution < -0.4 is 10.3 Å². The largest absolute Gasteiger partial charge is 0.461 e. The predicted molar refractivity (Wildman–Crippen MR) is 134 cm³/mol. The molecule has 0 unspecified atom stereocenters. The Morgan fingerprint density at radius 1 is 0.974 bits per heavy atom. The van der Waals surface area contributed by atoms with Gasteiger partial charge in [0.15, 0.2) is 0 Å². The molecule has 0 N–H and O–H groups in total. The zero-order chi connectivity index (χ0) is 26.7. The molecule has 0 aliphatic heterocycles. The number of pyridine rings is 1. The van der Waals surface area contributed by atoms with Crippen molar-refractivity contribution in [3.05, 3.63) is 101 Å². The topological polar surface area (TPSA) is 84.1 Å². The van der Waals surface area contributed by atoms with Crippen LogP contribution >= 0.6 is 0 Å². The molecule has 0 fully saturated rings. The van der Waals surface area contributed by atoms with Crippen molar-refractivity contribution in [1.29, 1.82) is 0 Å². The minimum atomic E-state index is -4.43. The third-order valence-corrected chi connectivity index (χ3v) is 5.84. The molecule has 11 heteroatoms. The Hall–Kier alpha value is -4.51. The molecule has 0 saturated carbocycles. The Bertz CT molecular complexity index is 1630. The molecule has 0 saturated heterocycles. The van der Waals surface area contributed by atoms with E-state index in [0.29, 0.717) is 41.4 Å². The summed E-state index contributed by atoms with van der Waals surface area (Å²) in [7, 11) is 1.57. The molecular weight excluding hydrogens is 499 g/mol. The summed E-state index contributed by atoms with van der Waals surface area (Å²) in [6, 6.07) is 17.3. The average Bonchev–Trinajstić information content (AvgIpc) is 3.30. The number of hydrogen-bond acceptors (Lipinski definition) is 6. The molecule has 38 heavy (non-hydrogen) atoms. The van der Waals surface area contributed by atoms with Crippen LogP contribution in [0, 0.1) is 0 Å². The first-order chi connectivity index (χ1) is 18.3. The third-order valence-electron chi connectivity index (χ3n) is 5.84. The Balaban J connectivity index is 1.45. The van der Waals surface area contributed by atoms with Gasteiger partial charge in [-0.25, -0.2) is 9.67 Å². The lowest BCUT2D eigenvalue weighted by molar-refractivity contribution is -0.137. The summed E-state index contributed by atoms with van der Waals surface area (Å²) in [5, 5.41) is 5.43. The van der Waals surface area contributed by atoms with Crippen LogP contribution in [0.1, 0.15) is 11.3 Å². The number of para-hydroxylation sites is 1. The maximum Gasteiger partial charge on any atom is 0.416 e. The normalized spacial score (nSPS) is 11.7. The lowest BCUT2D eigenvalue weighted by Crippen LogP contribution is -2.20. The van der Waals surface area contributed by atoms with Crippen molar-refractivity contribution in [2.45, 2.75) is 12.7 Å². The van der Waals surface area contributed by atoms with Crippen LogP contribution in [0.15, 0.2) is 83.9 Å². The second kappa shape index (κ2) is 10.5. The van der Waals surface area contributed by atoms with Crippen LogP contribution in [0.5, 0.6) is 6.01 Å². The number of methoxy groups -OCH3 is 1. The summed E-state index contributed by atoms with van der Waals surface area (Å²) in [6.07, 6.45) is -1.22. The molecule has 0 amide bonds. The predicted octanol–water partition coefficient (Wildman–Crippen LogP) is 4.74. The number of rotatable bonds is 8. The fourth-order valence-electron chi connectivity index (χ4n) is 3.98. The number of alkyl halides is 3. The van der Waals surface area contributed by atoms with Crippen LogP contribution in [0.2, 0.25) is 0 Å². The van der Waals surface area contributed by atoms with Gasteiger partial charge in [0.2, 0.25) is 0 Å². The molecule has 0 spiro atoms. The van der Waals surface area contributed by atoms with Gasteiger partial charge in [-0.15, -0.1) is 0 Å². The zero-order valence-corrected chi connectivity index (χ0v) is 20.2. The van der Waals surface area contributed by atoms with Crippen molar-refractivity contribution in [2.24, 2.45) is 0 Å². The van der Waals surface area contributed by atoms with E-state index in [0.717, 1.165) is 17.5 Å². The first-order valence-corrected chi connectivity index (χ1v) is 11.6. The van der Waals surface area contributed by atoms with E-state index >= 15 is 0 Å². The highest BCUT2D eigenvalue weighted by Crippen LogP contribution is 2.32. The Morgan fingerprint density at radius 2 is 1.76 bits per heavy atom. The first kappa shape index (κ1) is 25.2. The third kappa shape index (κ3) is 5.28. The molecule has 5 rings (SSSR count). The van der Waals surface area contributed by atoms with Crippen molar-refractivity contribution < 1.29 is 22.6 Å². The molecular formula is C27H22F3N5O3. The SMILES string of the molecule is COCCOc1nccc(Cn2ccc(-c3nn(-c4ccc(C(F)(F)F)cc4)c4ccccc34)cc2=O)n1. The summed E-state index contributed by atoms with van der Waals surface area (Å²) in [4.78, 5) is 21.4. The van der Waals surface area contributed by atoms with Crippen molar-refractivity contribution in [3.63, 3.8) is 0 Å². The van der Waals surface area contributed by atoms with E-state index in [9.17, 15) is 18.0 Å². The summed E-state index contributed by atoms with van der Waals surface area (Å²) in [6.45, 7) is 0.919. The van der Waals surface area contributed by atoms with Gasteiger partial charge in [0.25, 0.3) is 5.56 Å². The second-order valence-corrected chi connectivity index (χ2v) is 8.38. The van der Waals surface area contributed by atoms with E-state index in [2.05, 4.69) is 15.1 Å². The van der Waals surface area contributed by atoms with Crippen LogP contribution in [-0.4, -0.2) is 44.6 Å². The molecule has 0 aliphatic carbocycles. The van der Waals surface area contributed by atoms with Gasteiger partial charge < -0.3 is 14.0 Å². The molecule has 8 nitrogen and oxygen atoms in total. The molecule has 0 radical (unpaired) electrons. The molecule has 3 heterocycles. The van der Waals surface area contributed by atoms with Crippen LogP contribution in [0.4, 0.5) is 13.2 Å². The van der Waals surface area contributed by atoms with E-state index in [4.69, 9.17) is 9.47 Å². The van der Waals surface area contributed by atoms with Crippen molar-refractivity contribution in [3.8, 4) is 23.0 Å². The maximum absolute atomic E-state index is 13.0. The van der Waals surface area contributed by atoms with Crippen LogP contribution in [0.25, 0.3) is 27.8 Å². The molecule has 5 aromatic rings. The molecule has 0 atom stereocenters.